The number of ether oxygens (including phenoxy) is 8. The fraction of sp³-hybridized carbons (Fsp3) is 0.778. The zero-order valence-electron chi connectivity index (χ0n) is 15.7. The minimum Gasteiger partial charge on any atom is -0.501 e. The van der Waals surface area contributed by atoms with Crippen LogP contribution in [0.3, 0.4) is 0 Å². The van der Waals surface area contributed by atoms with Crippen molar-refractivity contribution >= 4 is 0 Å². The molecule has 0 aromatic heterocycles. The van der Waals surface area contributed by atoms with Crippen LogP contribution in [0.2, 0.25) is 0 Å². The summed E-state index contributed by atoms with van der Waals surface area (Å²) >= 11 is 0. The first-order valence-electron chi connectivity index (χ1n) is 8.61. The van der Waals surface area contributed by atoms with Gasteiger partial charge in [-0.05, 0) is 0 Å². The number of methoxy groups -OCH3 is 1. The maximum Gasteiger partial charge on any atom is 0.117 e. The Kier molecular flexibility index (Phi) is 22.4. The summed E-state index contributed by atoms with van der Waals surface area (Å²) in [7, 11) is 1.56. The van der Waals surface area contributed by atoms with Crippen molar-refractivity contribution in [2.45, 2.75) is 0 Å². The van der Waals surface area contributed by atoms with E-state index in [1.165, 1.54) is 12.5 Å². The van der Waals surface area contributed by atoms with E-state index in [2.05, 4.69) is 10.7 Å². The second kappa shape index (κ2) is 23.7. The smallest absolute Gasteiger partial charge is 0.117 e. The zero-order chi connectivity index (χ0) is 19.0. The van der Waals surface area contributed by atoms with E-state index >= 15 is 0 Å². The number of rotatable bonds is 21. The Labute approximate surface area is 156 Å². The average Bonchev–Trinajstić information content (AvgIpc) is 2.66. The van der Waals surface area contributed by atoms with Gasteiger partial charge in [0, 0.05) is 0 Å². The van der Waals surface area contributed by atoms with Gasteiger partial charge in [-0.2, -0.15) is 0 Å². The molecule has 26 heavy (non-hydrogen) atoms. The molecule has 8 nitrogen and oxygen atoms in total. The topological polar surface area (TPSA) is 73.8 Å². The van der Waals surface area contributed by atoms with Gasteiger partial charge in [0.1, 0.15) is 25.7 Å². The highest BCUT2D eigenvalue weighted by atomic mass is 16.6. The van der Waals surface area contributed by atoms with Crippen molar-refractivity contribution in [2.75, 3.05) is 93.0 Å². The Bertz CT molecular complexity index is 330. The fourth-order valence-electron chi connectivity index (χ4n) is 1.50. The summed E-state index contributed by atoms with van der Waals surface area (Å²) < 4.78 is 41.6. The summed E-state index contributed by atoms with van der Waals surface area (Å²) in [6, 6.07) is 0. The van der Waals surface area contributed by atoms with Gasteiger partial charge in [0.15, 0.2) is 0 Å². The SMILES string of the molecule is C#CCOCCOCCOCCOCCOCCOCCOC=COC. The first-order valence-corrected chi connectivity index (χ1v) is 8.61. The molecular formula is C18H32O8. The maximum atomic E-state index is 5.38. The molecule has 0 radical (unpaired) electrons. The Hall–Kier alpha value is -1.34. The Morgan fingerprint density at radius 2 is 0.962 bits per heavy atom. The molecule has 152 valence electrons. The van der Waals surface area contributed by atoms with Crippen LogP contribution in [0, 0.1) is 12.3 Å². The third-order valence-corrected chi connectivity index (χ3v) is 2.68. The average molecular weight is 376 g/mol. The second-order valence-electron chi connectivity index (χ2n) is 4.70. The van der Waals surface area contributed by atoms with E-state index in [0.717, 1.165) is 0 Å². The van der Waals surface area contributed by atoms with Crippen molar-refractivity contribution in [3.05, 3.63) is 12.5 Å². The molecule has 8 heteroatoms. The molecule has 0 unspecified atom stereocenters. The third-order valence-electron chi connectivity index (χ3n) is 2.68. The van der Waals surface area contributed by atoms with Crippen molar-refractivity contribution < 1.29 is 37.9 Å². The Balaban J connectivity index is 2.99. The molecule has 0 aliphatic heterocycles. The molecule has 0 aromatic rings. The number of hydrogen-bond acceptors (Lipinski definition) is 8. The largest absolute Gasteiger partial charge is 0.501 e. The number of terminal acetylenes is 1. The van der Waals surface area contributed by atoms with Gasteiger partial charge >= 0.3 is 0 Å². The predicted octanol–water partition coefficient (Wildman–Crippen LogP) is 0.853. The molecule has 0 saturated heterocycles. The molecule has 0 N–H and O–H groups in total. The summed E-state index contributed by atoms with van der Waals surface area (Å²) in [6.07, 6.45) is 7.98. The molecular weight excluding hydrogens is 344 g/mol. The Morgan fingerprint density at radius 1 is 0.577 bits per heavy atom. The molecule has 0 atom stereocenters. The van der Waals surface area contributed by atoms with E-state index in [4.69, 9.17) is 39.6 Å². The van der Waals surface area contributed by atoms with E-state index in [9.17, 15) is 0 Å². The standard InChI is InChI=1S/C18H32O8/c1-3-4-20-7-8-22-11-12-24-15-16-26-18-17-25-14-13-23-10-9-21-6-5-19-2/h1,5-6H,4,7-18H2,2H3. The van der Waals surface area contributed by atoms with Crippen molar-refractivity contribution in [2.24, 2.45) is 0 Å². The summed E-state index contributed by atoms with van der Waals surface area (Å²) in [4.78, 5) is 0. The summed E-state index contributed by atoms with van der Waals surface area (Å²) in [5.41, 5.74) is 0. The van der Waals surface area contributed by atoms with Crippen LogP contribution < -0.4 is 0 Å². The summed E-state index contributed by atoms with van der Waals surface area (Å²) in [6.45, 7) is 6.51. The van der Waals surface area contributed by atoms with Crippen LogP contribution in [0.4, 0.5) is 0 Å². The molecule has 0 spiro atoms. The van der Waals surface area contributed by atoms with Crippen molar-refractivity contribution in [3.8, 4) is 12.3 Å². The van der Waals surface area contributed by atoms with Crippen LogP contribution in [0.1, 0.15) is 0 Å². The molecule has 0 aliphatic carbocycles. The van der Waals surface area contributed by atoms with Gasteiger partial charge < -0.3 is 37.9 Å². The van der Waals surface area contributed by atoms with Gasteiger partial charge in [0.05, 0.1) is 79.8 Å². The highest BCUT2D eigenvalue weighted by molar-refractivity contribution is 4.82. The summed E-state index contributed by atoms with van der Waals surface area (Å²) in [5, 5.41) is 0. The molecule has 0 bridgehead atoms. The quantitative estimate of drug-likeness (QED) is 0.166. The molecule has 0 aliphatic rings. The lowest BCUT2D eigenvalue weighted by Crippen LogP contribution is -2.14. The Morgan fingerprint density at radius 3 is 1.35 bits per heavy atom. The van der Waals surface area contributed by atoms with E-state index in [1.54, 1.807) is 7.11 Å². The minimum atomic E-state index is 0.316. The fourth-order valence-corrected chi connectivity index (χ4v) is 1.50. The third kappa shape index (κ3) is 22.7. The predicted molar refractivity (Wildman–Crippen MR) is 95.8 cm³/mol. The van der Waals surface area contributed by atoms with Crippen LogP contribution in [-0.2, 0) is 37.9 Å². The van der Waals surface area contributed by atoms with Crippen molar-refractivity contribution in [3.63, 3.8) is 0 Å². The highest BCUT2D eigenvalue weighted by Gasteiger charge is 1.94. The van der Waals surface area contributed by atoms with E-state index in [1.807, 2.05) is 0 Å². The lowest BCUT2D eigenvalue weighted by atomic mass is 10.6. The van der Waals surface area contributed by atoms with E-state index in [-0.39, 0.29) is 0 Å². The summed E-state index contributed by atoms with van der Waals surface area (Å²) in [5.74, 6) is 2.39. The second-order valence-corrected chi connectivity index (χ2v) is 4.70. The van der Waals surface area contributed by atoms with Crippen LogP contribution in [-0.4, -0.2) is 93.0 Å². The van der Waals surface area contributed by atoms with Gasteiger partial charge in [-0.15, -0.1) is 6.42 Å². The molecule has 0 amide bonds. The number of hydrogen-bond donors (Lipinski definition) is 0. The van der Waals surface area contributed by atoms with Gasteiger partial charge in [0.2, 0.25) is 0 Å². The molecule has 0 rings (SSSR count). The zero-order valence-corrected chi connectivity index (χ0v) is 15.7. The lowest BCUT2D eigenvalue weighted by Gasteiger charge is -2.08. The monoisotopic (exact) mass is 376 g/mol. The van der Waals surface area contributed by atoms with Gasteiger partial charge in [-0.3, -0.25) is 0 Å². The van der Waals surface area contributed by atoms with Crippen LogP contribution >= 0.6 is 0 Å². The molecule has 0 aromatic carbocycles. The normalized spacial score (nSPS) is 10.9. The first kappa shape index (κ1) is 24.7. The van der Waals surface area contributed by atoms with Crippen LogP contribution in [0.15, 0.2) is 12.5 Å². The maximum absolute atomic E-state index is 5.38. The molecule has 0 saturated carbocycles. The first-order chi connectivity index (χ1) is 12.9. The van der Waals surface area contributed by atoms with E-state index < -0.39 is 0 Å². The van der Waals surface area contributed by atoms with E-state index in [0.29, 0.717) is 85.9 Å². The van der Waals surface area contributed by atoms with Gasteiger partial charge in [-0.25, -0.2) is 0 Å². The minimum absolute atomic E-state index is 0.316. The van der Waals surface area contributed by atoms with Gasteiger partial charge in [0.25, 0.3) is 0 Å². The van der Waals surface area contributed by atoms with Crippen molar-refractivity contribution in [1.82, 2.24) is 0 Å². The highest BCUT2D eigenvalue weighted by Crippen LogP contribution is 1.85. The lowest BCUT2D eigenvalue weighted by molar-refractivity contribution is -0.0174. The van der Waals surface area contributed by atoms with Crippen molar-refractivity contribution in [1.29, 1.82) is 0 Å². The van der Waals surface area contributed by atoms with Crippen LogP contribution in [0.5, 0.6) is 0 Å². The van der Waals surface area contributed by atoms with Crippen LogP contribution in [0.25, 0.3) is 0 Å². The molecule has 0 fully saturated rings. The molecule has 0 heterocycles. The van der Waals surface area contributed by atoms with Gasteiger partial charge in [-0.1, -0.05) is 5.92 Å².